The van der Waals surface area contributed by atoms with Gasteiger partial charge in [-0.2, -0.15) is 5.10 Å². The van der Waals surface area contributed by atoms with Crippen LogP contribution in [0.3, 0.4) is 0 Å². The summed E-state index contributed by atoms with van der Waals surface area (Å²) in [6.07, 6.45) is 2.59. The number of imidazole rings is 1. The topological polar surface area (TPSA) is 60.7 Å². The van der Waals surface area contributed by atoms with Gasteiger partial charge in [0.1, 0.15) is 11.6 Å². The zero-order valence-corrected chi connectivity index (χ0v) is 19.0. The minimum Gasteiger partial charge on any atom is -0.497 e. The number of H-pyrrole nitrogens is 1. The van der Waals surface area contributed by atoms with Crippen molar-refractivity contribution in [2.24, 2.45) is 0 Å². The predicted molar refractivity (Wildman–Crippen MR) is 132 cm³/mol. The number of hydrogen-bond donors (Lipinski definition) is 1. The Morgan fingerprint density at radius 1 is 0.879 bits per heavy atom. The van der Waals surface area contributed by atoms with Crippen molar-refractivity contribution in [2.45, 2.75) is 13.0 Å². The summed E-state index contributed by atoms with van der Waals surface area (Å²) in [7, 11) is 1.66. The fraction of sp³-hybridized carbons (Fsp3) is 0.115. The van der Waals surface area contributed by atoms with Crippen molar-refractivity contribution in [3.05, 3.63) is 102 Å². The lowest BCUT2D eigenvalue weighted by atomic mass is 10.0. The van der Waals surface area contributed by atoms with Crippen molar-refractivity contribution < 1.29 is 4.74 Å². The number of aromatic nitrogens is 5. The summed E-state index contributed by atoms with van der Waals surface area (Å²) in [5, 5.41) is 7.44. The van der Waals surface area contributed by atoms with Gasteiger partial charge in [-0.3, -0.25) is 9.67 Å². The molecule has 0 unspecified atom stereocenters. The Balaban J connectivity index is 1.49. The molecule has 0 aliphatic carbocycles. The molecule has 0 spiro atoms. The Bertz CT molecular complexity index is 1400. The highest BCUT2D eigenvalue weighted by Gasteiger charge is 2.16. The number of hydrogen-bond acceptors (Lipinski definition) is 4. The van der Waals surface area contributed by atoms with Crippen LogP contribution in [0.25, 0.3) is 28.2 Å². The number of aromatic amines is 1. The van der Waals surface area contributed by atoms with Crippen LogP contribution < -0.4 is 4.74 Å². The van der Waals surface area contributed by atoms with E-state index in [1.807, 2.05) is 59.4 Å². The number of ether oxygens (including phenoxy) is 1. The standard InChI is InChI=1S/C26H23N5OS/c1-32-22-14-12-21(13-15-22)31-23(28-29-26(31)33)16-17-30-18-27-24(19-8-4-2-5-9-19)25(30)20-10-6-3-7-11-20/h2-15,18H,16-17H2,1H3,(H,29,33). The summed E-state index contributed by atoms with van der Waals surface area (Å²) in [6.45, 7) is 0.708. The molecule has 164 valence electrons. The van der Waals surface area contributed by atoms with Gasteiger partial charge in [-0.25, -0.2) is 4.98 Å². The van der Waals surface area contributed by atoms with Gasteiger partial charge < -0.3 is 9.30 Å². The fourth-order valence-electron chi connectivity index (χ4n) is 3.97. The first-order valence-electron chi connectivity index (χ1n) is 10.7. The summed E-state index contributed by atoms with van der Waals surface area (Å²) in [5.74, 6) is 1.66. The van der Waals surface area contributed by atoms with E-state index in [0.717, 1.165) is 39.8 Å². The zero-order valence-electron chi connectivity index (χ0n) is 18.2. The van der Waals surface area contributed by atoms with E-state index in [9.17, 15) is 0 Å². The lowest BCUT2D eigenvalue weighted by Gasteiger charge is -2.12. The van der Waals surface area contributed by atoms with Gasteiger partial charge in [0.2, 0.25) is 0 Å². The molecular weight excluding hydrogens is 430 g/mol. The minimum absolute atomic E-state index is 0.564. The van der Waals surface area contributed by atoms with Crippen LogP contribution in [-0.2, 0) is 13.0 Å². The minimum atomic E-state index is 0.564. The molecule has 6 nitrogen and oxygen atoms in total. The molecule has 0 radical (unpaired) electrons. The van der Waals surface area contributed by atoms with E-state index in [-0.39, 0.29) is 0 Å². The second-order valence-corrected chi connectivity index (χ2v) is 7.98. The van der Waals surface area contributed by atoms with Crippen molar-refractivity contribution in [1.29, 1.82) is 0 Å². The number of methoxy groups -OCH3 is 1. The van der Waals surface area contributed by atoms with Crippen molar-refractivity contribution in [2.75, 3.05) is 7.11 Å². The first-order chi connectivity index (χ1) is 16.2. The van der Waals surface area contributed by atoms with Gasteiger partial charge in [0.25, 0.3) is 0 Å². The Morgan fingerprint density at radius 3 is 2.21 bits per heavy atom. The van der Waals surface area contributed by atoms with Gasteiger partial charge in [0, 0.05) is 29.8 Å². The molecule has 0 saturated carbocycles. The molecule has 0 atom stereocenters. The maximum Gasteiger partial charge on any atom is 0.199 e. The highest BCUT2D eigenvalue weighted by molar-refractivity contribution is 7.71. The Kier molecular flexibility index (Phi) is 5.87. The number of nitrogens with one attached hydrogen (secondary N) is 1. The first-order valence-corrected chi connectivity index (χ1v) is 11.1. The highest BCUT2D eigenvalue weighted by Crippen LogP contribution is 2.31. The summed E-state index contributed by atoms with van der Waals surface area (Å²) in [4.78, 5) is 4.77. The Hall–Kier alpha value is -3.97. The summed E-state index contributed by atoms with van der Waals surface area (Å²) in [5.41, 5.74) is 5.23. The van der Waals surface area contributed by atoms with Gasteiger partial charge >= 0.3 is 0 Å². The number of nitrogens with zero attached hydrogens (tertiary/aromatic N) is 4. The van der Waals surface area contributed by atoms with Gasteiger partial charge in [-0.1, -0.05) is 60.7 Å². The van der Waals surface area contributed by atoms with E-state index >= 15 is 0 Å². The lowest BCUT2D eigenvalue weighted by Crippen LogP contribution is -2.08. The molecule has 0 aliphatic rings. The van der Waals surface area contributed by atoms with Crippen LogP contribution in [0.15, 0.2) is 91.3 Å². The van der Waals surface area contributed by atoms with Crippen LogP contribution in [0.1, 0.15) is 5.82 Å². The van der Waals surface area contributed by atoms with Crippen LogP contribution >= 0.6 is 12.2 Å². The summed E-state index contributed by atoms with van der Waals surface area (Å²) < 4.78 is 9.99. The maximum absolute atomic E-state index is 5.51. The van der Waals surface area contributed by atoms with Crippen LogP contribution in [0.5, 0.6) is 5.75 Å². The third-order valence-corrected chi connectivity index (χ3v) is 5.85. The van der Waals surface area contributed by atoms with E-state index in [2.05, 4.69) is 51.2 Å². The van der Waals surface area contributed by atoms with Gasteiger partial charge in [-0.05, 0) is 36.5 Å². The quantitative estimate of drug-likeness (QED) is 0.321. The molecule has 0 bridgehead atoms. The van der Waals surface area contributed by atoms with Crippen molar-refractivity contribution in [1.82, 2.24) is 24.3 Å². The van der Waals surface area contributed by atoms with Gasteiger partial charge in [0.15, 0.2) is 4.77 Å². The second-order valence-electron chi connectivity index (χ2n) is 7.60. The van der Waals surface area contributed by atoms with E-state index in [1.165, 1.54) is 0 Å². The van der Waals surface area contributed by atoms with Crippen molar-refractivity contribution >= 4 is 12.2 Å². The molecule has 2 aromatic heterocycles. The average molecular weight is 454 g/mol. The third-order valence-electron chi connectivity index (χ3n) is 5.58. The summed E-state index contributed by atoms with van der Waals surface area (Å²) in [6, 6.07) is 28.4. The molecule has 3 aromatic carbocycles. The first kappa shape index (κ1) is 20.9. The van der Waals surface area contributed by atoms with Gasteiger partial charge in [-0.15, -0.1) is 0 Å². The number of aryl methyl sites for hydroxylation is 2. The molecule has 0 aliphatic heterocycles. The summed E-state index contributed by atoms with van der Waals surface area (Å²) >= 11 is 5.51. The fourth-order valence-corrected chi connectivity index (χ4v) is 4.23. The van der Waals surface area contributed by atoms with Crippen LogP contribution in [0.2, 0.25) is 0 Å². The molecule has 0 saturated heterocycles. The Labute approximate surface area is 197 Å². The van der Waals surface area contributed by atoms with Crippen molar-refractivity contribution in [3.63, 3.8) is 0 Å². The molecule has 33 heavy (non-hydrogen) atoms. The second kappa shape index (κ2) is 9.26. The van der Waals surface area contributed by atoms with Crippen LogP contribution in [-0.4, -0.2) is 31.4 Å². The molecule has 2 heterocycles. The SMILES string of the molecule is COc1ccc(-n2c(CCn3cnc(-c4ccccc4)c3-c3ccccc3)n[nH]c2=S)cc1. The molecule has 1 N–H and O–H groups in total. The van der Waals surface area contributed by atoms with Crippen LogP contribution in [0.4, 0.5) is 0 Å². The predicted octanol–water partition coefficient (Wildman–Crippen LogP) is 5.71. The molecule has 0 amide bonds. The normalized spacial score (nSPS) is 10.9. The van der Waals surface area contributed by atoms with Crippen molar-refractivity contribution in [3.8, 4) is 34.0 Å². The number of benzene rings is 3. The molecular formula is C26H23N5OS. The van der Waals surface area contributed by atoms with E-state index in [0.29, 0.717) is 17.7 Å². The molecule has 0 fully saturated rings. The monoisotopic (exact) mass is 453 g/mol. The molecule has 5 aromatic rings. The maximum atomic E-state index is 5.51. The van der Waals surface area contributed by atoms with Crippen LogP contribution in [0, 0.1) is 4.77 Å². The van der Waals surface area contributed by atoms with E-state index < -0.39 is 0 Å². The molecule has 7 heteroatoms. The average Bonchev–Trinajstić information content (AvgIpc) is 3.47. The third kappa shape index (κ3) is 4.23. The van der Waals surface area contributed by atoms with E-state index in [4.69, 9.17) is 21.9 Å². The Morgan fingerprint density at radius 2 is 1.55 bits per heavy atom. The zero-order chi connectivity index (χ0) is 22.6. The van der Waals surface area contributed by atoms with Gasteiger partial charge in [0.05, 0.1) is 24.8 Å². The van der Waals surface area contributed by atoms with E-state index in [1.54, 1.807) is 7.11 Å². The molecule has 5 rings (SSSR count). The highest BCUT2D eigenvalue weighted by atomic mass is 32.1. The smallest absolute Gasteiger partial charge is 0.199 e. The number of rotatable bonds is 7. The lowest BCUT2D eigenvalue weighted by molar-refractivity contribution is 0.414. The largest absolute Gasteiger partial charge is 0.497 e.